The summed E-state index contributed by atoms with van der Waals surface area (Å²) >= 11 is 0. The Balaban J connectivity index is 0.00000300. The van der Waals surface area contributed by atoms with Gasteiger partial charge in [0.2, 0.25) is 5.91 Å². The molecule has 1 aromatic carbocycles. The zero-order valence-electron chi connectivity index (χ0n) is 17.3. The molecular formula is C21H30ClFN4O2. The van der Waals surface area contributed by atoms with Crippen LogP contribution in [0.4, 0.5) is 4.39 Å². The van der Waals surface area contributed by atoms with E-state index in [4.69, 9.17) is 4.74 Å². The molecule has 0 aliphatic carbocycles. The van der Waals surface area contributed by atoms with Gasteiger partial charge in [0, 0.05) is 32.3 Å². The average Bonchev–Trinajstić information content (AvgIpc) is 3.27. The molecule has 2 heterocycles. The average molecular weight is 425 g/mol. The van der Waals surface area contributed by atoms with E-state index in [2.05, 4.69) is 15.7 Å². The predicted molar refractivity (Wildman–Crippen MR) is 113 cm³/mol. The summed E-state index contributed by atoms with van der Waals surface area (Å²) in [7, 11) is 1.87. The first kappa shape index (κ1) is 23.2. The van der Waals surface area contributed by atoms with Gasteiger partial charge in [0.25, 0.3) is 0 Å². The summed E-state index contributed by atoms with van der Waals surface area (Å²) in [5.74, 6) is -0.319. The lowest BCUT2D eigenvalue weighted by Gasteiger charge is -2.32. The molecule has 1 saturated heterocycles. The molecule has 0 spiro atoms. The second-order valence-electron chi connectivity index (χ2n) is 8.49. The number of benzene rings is 1. The van der Waals surface area contributed by atoms with Crippen molar-refractivity contribution in [1.82, 2.24) is 20.4 Å². The molecule has 1 aromatic heterocycles. The molecule has 2 aromatic rings. The van der Waals surface area contributed by atoms with Gasteiger partial charge in [0.15, 0.2) is 11.6 Å². The van der Waals surface area contributed by atoms with E-state index >= 15 is 0 Å². The minimum atomic E-state index is -0.405. The topological polar surface area (TPSA) is 68.2 Å². The van der Waals surface area contributed by atoms with Crippen LogP contribution < -0.4 is 15.4 Å². The van der Waals surface area contributed by atoms with Crippen LogP contribution >= 0.6 is 12.4 Å². The lowest BCUT2D eigenvalue weighted by Crippen LogP contribution is -2.50. The molecule has 1 aliphatic rings. The predicted octanol–water partition coefficient (Wildman–Crippen LogP) is 2.89. The van der Waals surface area contributed by atoms with Crippen LogP contribution in [0.25, 0.3) is 0 Å². The van der Waals surface area contributed by atoms with Crippen LogP contribution in [-0.4, -0.2) is 41.4 Å². The number of carbonyl (C=O) groups excluding carboxylic acids is 1. The number of nitrogens with zero attached hydrogens (tertiary/aromatic N) is 2. The Morgan fingerprint density at radius 2 is 2.10 bits per heavy atom. The van der Waals surface area contributed by atoms with Gasteiger partial charge in [-0.05, 0) is 23.1 Å². The number of hydrogen-bond donors (Lipinski definition) is 2. The Hall–Kier alpha value is -2.12. The Morgan fingerprint density at radius 1 is 1.38 bits per heavy atom. The first-order valence-electron chi connectivity index (χ1n) is 9.62. The number of nitrogens with one attached hydrogen (secondary N) is 2. The minimum Gasteiger partial charge on any atom is -0.488 e. The van der Waals surface area contributed by atoms with Crippen LogP contribution in [0.5, 0.6) is 5.75 Å². The number of carbonyl (C=O) groups is 1. The quantitative estimate of drug-likeness (QED) is 0.748. The van der Waals surface area contributed by atoms with E-state index < -0.39 is 5.82 Å². The molecule has 29 heavy (non-hydrogen) atoms. The highest BCUT2D eigenvalue weighted by atomic mass is 35.5. The normalized spacial score (nSPS) is 20.0. The zero-order valence-corrected chi connectivity index (χ0v) is 18.1. The van der Waals surface area contributed by atoms with Gasteiger partial charge < -0.3 is 15.4 Å². The molecule has 0 saturated carbocycles. The van der Waals surface area contributed by atoms with Gasteiger partial charge in [-0.1, -0.05) is 32.9 Å². The first-order valence-corrected chi connectivity index (χ1v) is 9.62. The fraction of sp³-hybridized carbons (Fsp3) is 0.524. The lowest BCUT2D eigenvalue weighted by atomic mass is 9.85. The van der Waals surface area contributed by atoms with Crippen molar-refractivity contribution in [2.24, 2.45) is 18.4 Å². The van der Waals surface area contributed by atoms with Crippen LogP contribution in [0.2, 0.25) is 0 Å². The van der Waals surface area contributed by atoms with E-state index in [0.29, 0.717) is 6.54 Å². The molecule has 1 fully saturated rings. The summed E-state index contributed by atoms with van der Waals surface area (Å²) in [5.41, 5.74) is 0.819. The van der Waals surface area contributed by atoms with Crippen molar-refractivity contribution in [2.75, 3.05) is 19.7 Å². The van der Waals surface area contributed by atoms with E-state index in [1.54, 1.807) is 22.9 Å². The van der Waals surface area contributed by atoms with Crippen LogP contribution in [-0.2, 0) is 11.8 Å². The van der Waals surface area contributed by atoms with E-state index in [-0.39, 0.29) is 54.0 Å². The molecule has 0 radical (unpaired) electrons. The highest BCUT2D eigenvalue weighted by molar-refractivity contribution is 5.85. The van der Waals surface area contributed by atoms with Crippen molar-refractivity contribution in [1.29, 1.82) is 0 Å². The zero-order chi connectivity index (χ0) is 20.3. The third-order valence-electron chi connectivity index (χ3n) is 5.31. The molecule has 3 atom stereocenters. The molecule has 1 aliphatic heterocycles. The van der Waals surface area contributed by atoms with Gasteiger partial charge in [-0.3, -0.25) is 9.48 Å². The Morgan fingerprint density at radius 3 is 2.72 bits per heavy atom. The van der Waals surface area contributed by atoms with Gasteiger partial charge in [0.05, 0.1) is 18.2 Å². The van der Waals surface area contributed by atoms with Gasteiger partial charge in [-0.2, -0.15) is 5.10 Å². The van der Waals surface area contributed by atoms with E-state index in [1.807, 2.05) is 40.2 Å². The summed E-state index contributed by atoms with van der Waals surface area (Å²) in [6.45, 7) is 7.68. The number of aryl methyl sites for hydroxylation is 1. The molecule has 0 bridgehead atoms. The minimum absolute atomic E-state index is 0. The van der Waals surface area contributed by atoms with E-state index in [9.17, 15) is 9.18 Å². The fourth-order valence-electron chi connectivity index (χ4n) is 3.46. The van der Waals surface area contributed by atoms with Crippen molar-refractivity contribution < 1.29 is 13.9 Å². The number of ether oxygens (including phenoxy) is 1. The largest absolute Gasteiger partial charge is 0.488 e. The smallest absolute Gasteiger partial charge is 0.225 e. The number of aromatic nitrogens is 2. The van der Waals surface area contributed by atoms with Crippen LogP contribution in [0.3, 0.4) is 0 Å². The second kappa shape index (κ2) is 9.59. The molecule has 6 nitrogen and oxygen atoms in total. The summed E-state index contributed by atoms with van der Waals surface area (Å²) in [6.07, 6.45) is 3.78. The summed E-state index contributed by atoms with van der Waals surface area (Å²) in [6, 6.07) is 6.05. The van der Waals surface area contributed by atoms with Crippen LogP contribution in [0, 0.1) is 17.2 Å². The van der Waals surface area contributed by atoms with Gasteiger partial charge in [-0.15, -0.1) is 12.4 Å². The summed E-state index contributed by atoms with van der Waals surface area (Å²) < 4.78 is 21.3. The fourth-order valence-corrected chi connectivity index (χ4v) is 3.46. The Bertz CT molecular complexity index is 821. The van der Waals surface area contributed by atoms with Gasteiger partial charge >= 0.3 is 0 Å². The lowest BCUT2D eigenvalue weighted by molar-refractivity contribution is -0.126. The van der Waals surface area contributed by atoms with Crippen molar-refractivity contribution in [3.63, 3.8) is 0 Å². The Kier molecular flexibility index (Phi) is 7.66. The van der Waals surface area contributed by atoms with Crippen molar-refractivity contribution >= 4 is 18.3 Å². The highest BCUT2D eigenvalue weighted by Crippen LogP contribution is 2.29. The van der Waals surface area contributed by atoms with E-state index in [0.717, 1.165) is 12.1 Å². The molecule has 2 N–H and O–H groups in total. The SMILES string of the molecule is Cl.Cn1cc([C@H]2CNC[C@@H]2C(=O)NC(COc2ccccc2F)C(C)(C)C)cn1. The van der Waals surface area contributed by atoms with Gasteiger partial charge in [-0.25, -0.2) is 4.39 Å². The monoisotopic (exact) mass is 424 g/mol. The second-order valence-corrected chi connectivity index (χ2v) is 8.49. The highest BCUT2D eigenvalue weighted by Gasteiger charge is 2.37. The molecular weight excluding hydrogens is 395 g/mol. The number of amides is 1. The molecule has 1 amide bonds. The summed E-state index contributed by atoms with van der Waals surface area (Å²) in [5, 5.41) is 10.7. The van der Waals surface area contributed by atoms with E-state index in [1.165, 1.54) is 6.07 Å². The third kappa shape index (κ3) is 5.70. The Labute approximate surface area is 177 Å². The van der Waals surface area contributed by atoms with Crippen LogP contribution in [0.15, 0.2) is 36.7 Å². The third-order valence-corrected chi connectivity index (χ3v) is 5.31. The summed E-state index contributed by atoms with van der Waals surface area (Å²) in [4.78, 5) is 13.1. The van der Waals surface area contributed by atoms with Gasteiger partial charge in [0.1, 0.15) is 6.61 Å². The number of para-hydroxylation sites is 1. The maximum Gasteiger partial charge on any atom is 0.225 e. The standard InChI is InChI=1S/C21H29FN4O2.ClH/c1-21(2,3)19(13-28-18-8-6-5-7-17(18)22)25-20(27)16-11-23-10-15(16)14-9-24-26(4)12-14;/h5-9,12,15-16,19,23H,10-11,13H2,1-4H3,(H,25,27);1H/t15-,16+,19?;/m1./s1. The molecule has 8 heteroatoms. The maximum atomic E-state index is 13.9. The van der Waals surface area contributed by atoms with Crippen molar-refractivity contribution in [3.8, 4) is 5.75 Å². The van der Waals surface area contributed by atoms with Crippen LogP contribution in [0.1, 0.15) is 32.3 Å². The van der Waals surface area contributed by atoms with Crippen molar-refractivity contribution in [3.05, 3.63) is 48.0 Å². The molecule has 160 valence electrons. The number of rotatable bonds is 6. The molecule has 1 unspecified atom stereocenters. The molecule has 3 rings (SSSR count). The maximum absolute atomic E-state index is 13.9. The van der Waals surface area contributed by atoms with Crippen molar-refractivity contribution in [2.45, 2.75) is 32.7 Å². The number of halogens is 2. The number of hydrogen-bond acceptors (Lipinski definition) is 4. The first-order chi connectivity index (χ1) is 13.3.